The molecule has 1 aliphatic rings. The Balaban J connectivity index is 1.43. The first-order chi connectivity index (χ1) is 14.4. The summed E-state index contributed by atoms with van der Waals surface area (Å²) in [6, 6.07) is 15.7. The van der Waals surface area contributed by atoms with Gasteiger partial charge in [0, 0.05) is 30.2 Å². The fourth-order valence-electron chi connectivity index (χ4n) is 3.38. The first-order valence-corrected chi connectivity index (χ1v) is 11.6. The molecule has 30 heavy (non-hydrogen) atoms. The summed E-state index contributed by atoms with van der Waals surface area (Å²) in [7, 11) is 0. The second kappa shape index (κ2) is 10.5. The van der Waals surface area contributed by atoms with E-state index in [2.05, 4.69) is 34.6 Å². The summed E-state index contributed by atoms with van der Waals surface area (Å²) in [6.07, 6.45) is 2.45. The van der Waals surface area contributed by atoms with E-state index in [-0.39, 0.29) is 22.8 Å². The van der Waals surface area contributed by atoms with E-state index in [1.807, 2.05) is 50.2 Å². The number of thioether (sulfide) groups is 1. The third-order valence-electron chi connectivity index (χ3n) is 5.45. The molecule has 0 saturated carbocycles. The van der Waals surface area contributed by atoms with Crippen LogP contribution in [0.2, 0.25) is 0 Å². The lowest BCUT2D eigenvalue weighted by atomic mass is 9.99. The van der Waals surface area contributed by atoms with Crippen LogP contribution in [-0.4, -0.2) is 35.9 Å². The van der Waals surface area contributed by atoms with E-state index in [9.17, 15) is 9.59 Å². The summed E-state index contributed by atoms with van der Waals surface area (Å²) in [5, 5.41) is 5.48. The number of piperidine rings is 1. The Kier molecular flexibility index (Phi) is 7.80. The minimum Gasteiger partial charge on any atom is -0.372 e. The molecule has 0 unspecified atom stereocenters. The van der Waals surface area contributed by atoms with Gasteiger partial charge in [-0.15, -0.1) is 11.8 Å². The van der Waals surface area contributed by atoms with Crippen LogP contribution in [0.15, 0.2) is 48.5 Å². The van der Waals surface area contributed by atoms with Crippen molar-refractivity contribution in [3.05, 3.63) is 54.1 Å². The van der Waals surface area contributed by atoms with E-state index in [4.69, 9.17) is 0 Å². The normalized spacial score (nSPS) is 15.5. The van der Waals surface area contributed by atoms with Gasteiger partial charge in [-0.25, -0.2) is 0 Å². The zero-order chi connectivity index (χ0) is 21.5. The maximum Gasteiger partial charge on any atom is 0.237 e. The van der Waals surface area contributed by atoms with Crippen LogP contribution in [0, 0.1) is 12.8 Å². The van der Waals surface area contributed by atoms with E-state index in [0.29, 0.717) is 0 Å². The molecule has 2 N–H and O–H groups in total. The number of hydrogen-bond acceptors (Lipinski definition) is 4. The number of rotatable bonds is 7. The fourth-order valence-corrected chi connectivity index (χ4v) is 4.06. The number of hydrogen-bond donors (Lipinski definition) is 2. The summed E-state index contributed by atoms with van der Waals surface area (Å²) in [5.74, 6) is 0.832. The molecule has 2 amide bonds. The van der Waals surface area contributed by atoms with Crippen LogP contribution in [0.5, 0.6) is 0 Å². The zero-order valence-electron chi connectivity index (χ0n) is 18.0. The Bertz CT molecular complexity index is 844. The minimum absolute atomic E-state index is 0.0947. The molecule has 0 bridgehead atoms. The van der Waals surface area contributed by atoms with Gasteiger partial charge in [0.2, 0.25) is 11.8 Å². The topological polar surface area (TPSA) is 61.4 Å². The molecule has 2 aromatic carbocycles. The Labute approximate surface area is 183 Å². The van der Waals surface area contributed by atoms with E-state index >= 15 is 0 Å². The van der Waals surface area contributed by atoms with E-state index in [0.717, 1.165) is 35.9 Å². The molecule has 0 aliphatic carbocycles. The molecule has 2 aromatic rings. The van der Waals surface area contributed by atoms with Gasteiger partial charge >= 0.3 is 0 Å². The van der Waals surface area contributed by atoms with E-state index < -0.39 is 0 Å². The van der Waals surface area contributed by atoms with E-state index in [1.165, 1.54) is 30.3 Å². The van der Waals surface area contributed by atoms with Crippen molar-refractivity contribution in [2.45, 2.75) is 38.9 Å². The lowest BCUT2D eigenvalue weighted by Crippen LogP contribution is -2.32. The smallest absolute Gasteiger partial charge is 0.237 e. The van der Waals surface area contributed by atoms with Crippen molar-refractivity contribution in [2.75, 3.05) is 34.4 Å². The maximum atomic E-state index is 12.5. The number of benzene rings is 2. The average Bonchev–Trinajstić information content (AvgIpc) is 2.75. The lowest BCUT2D eigenvalue weighted by molar-refractivity contribution is -0.115. The summed E-state index contributed by atoms with van der Waals surface area (Å²) in [4.78, 5) is 27.0. The number of anilines is 3. The molecular weight excluding hydrogens is 394 g/mol. The number of carbonyl (C=O) groups excluding carboxylic acids is 2. The van der Waals surface area contributed by atoms with Gasteiger partial charge in [0.05, 0.1) is 11.0 Å². The molecule has 1 aliphatic heterocycles. The molecule has 5 nitrogen and oxygen atoms in total. The van der Waals surface area contributed by atoms with Gasteiger partial charge in [0.1, 0.15) is 0 Å². The third kappa shape index (κ3) is 6.52. The van der Waals surface area contributed by atoms with Crippen molar-refractivity contribution < 1.29 is 9.59 Å². The van der Waals surface area contributed by atoms with Crippen molar-refractivity contribution in [1.82, 2.24) is 0 Å². The highest BCUT2D eigenvalue weighted by Gasteiger charge is 2.17. The predicted molar refractivity (Wildman–Crippen MR) is 127 cm³/mol. The minimum atomic E-state index is -0.322. The van der Waals surface area contributed by atoms with Gasteiger partial charge in [0.15, 0.2) is 0 Å². The van der Waals surface area contributed by atoms with Crippen molar-refractivity contribution in [3.63, 3.8) is 0 Å². The van der Waals surface area contributed by atoms with Crippen LogP contribution in [0.3, 0.4) is 0 Å². The highest BCUT2D eigenvalue weighted by atomic mass is 32.2. The SMILES string of the molecule is Cc1ccc(NC(=O)CS[C@@H](C)C(=O)Nc2ccc(N3CCC(C)CC3)cc2)cc1. The van der Waals surface area contributed by atoms with Gasteiger partial charge in [-0.05, 0) is 69.0 Å². The number of nitrogens with zero attached hydrogens (tertiary/aromatic N) is 1. The largest absolute Gasteiger partial charge is 0.372 e. The maximum absolute atomic E-state index is 12.5. The Hall–Kier alpha value is -2.47. The van der Waals surface area contributed by atoms with Gasteiger partial charge < -0.3 is 15.5 Å². The van der Waals surface area contributed by atoms with Crippen LogP contribution in [0.25, 0.3) is 0 Å². The number of amides is 2. The first kappa shape index (κ1) is 22.2. The third-order valence-corrected chi connectivity index (χ3v) is 6.60. The van der Waals surface area contributed by atoms with Crippen molar-refractivity contribution in [1.29, 1.82) is 0 Å². The average molecular weight is 426 g/mol. The van der Waals surface area contributed by atoms with Crippen LogP contribution in [-0.2, 0) is 9.59 Å². The zero-order valence-corrected chi connectivity index (χ0v) is 18.8. The molecule has 1 fully saturated rings. The van der Waals surface area contributed by atoms with Crippen molar-refractivity contribution >= 4 is 40.6 Å². The second-order valence-electron chi connectivity index (χ2n) is 8.07. The van der Waals surface area contributed by atoms with Crippen LogP contribution in [0.4, 0.5) is 17.1 Å². The Morgan fingerprint density at radius 3 is 2.20 bits per heavy atom. The highest BCUT2D eigenvalue weighted by molar-refractivity contribution is 8.01. The molecule has 0 aromatic heterocycles. The number of carbonyl (C=O) groups is 2. The summed E-state index contributed by atoms with van der Waals surface area (Å²) >= 11 is 1.33. The molecule has 0 spiro atoms. The molecule has 1 heterocycles. The molecule has 3 rings (SSSR count). The highest BCUT2D eigenvalue weighted by Crippen LogP contribution is 2.24. The summed E-state index contributed by atoms with van der Waals surface area (Å²) in [5.41, 5.74) is 3.90. The van der Waals surface area contributed by atoms with Crippen LogP contribution in [0.1, 0.15) is 32.3 Å². The Morgan fingerprint density at radius 2 is 1.57 bits per heavy atom. The number of nitrogens with one attached hydrogen (secondary N) is 2. The second-order valence-corrected chi connectivity index (χ2v) is 9.40. The Morgan fingerprint density at radius 1 is 1.00 bits per heavy atom. The predicted octanol–water partition coefficient (Wildman–Crippen LogP) is 4.93. The first-order valence-electron chi connectivity index (χ1n) is 10.5. The monoisotopic (exact) mass is 425 g/mol. The fraction of sp³-hybridized carbons (Fsp3) is 0.417. The molecule has 1 saturated heterocycles. The van der Waals surface area contributed by atoms with E-state index in [1.54, 1.807) is 0 Å². The molecular formula is C24H31N3O2S. The molecule has 0 radical (unpaired) electrons. The molecule has 1 atom stereocenters. The van der Waals surface area contributed by atoms with Crippen LogP contribution >= 0.6 is 11.8 Å². The van der Waals surface area contributed by atoms with Crippen molar-refractivity contribution in [3.8, 4) is 0 Å². The quantitative estimate of drug-likeness (QED) is 0.660. The van der Waals surface area contributed by atoms with Gasteiger partial charge in [0.25, 0.3) is 0 Å². The van der Waals surface area contributed by atoms with Gasteiger partial charge in [-0.2, -0.15) is 0 Å². The standard InChI is InChI=1S/C24H31N3O2S/c1-17-4-6-20(7-5-17)25-23(28)16-30-19(3)24(29)26-21-8-10-22(11-9-21)27-14-12-18(2)13-15-27/h4-11,18-19H,12-16H2,1-3H3,(H,25,28)(H,26,29)/t19-/m0/s1. The summed E-state index contributed by atoms with van der Waals surface area (Å²) < 4.78 is 0. The van der Waals surface area contributed by atoms with Gasteiger partial charge in [-0.3, -0.25) is 9.59 Å². The van der Waals surface area contributed by atoms with Gasteiger partial charge in [-0.1, -0.05) is 24.6 Å². The molecule has 160 valence electrons. The lowest BCUT2D eigenvalue weighted by Gasteiger charge is -2.32. The van der Waals surface area contributed by atoms with Crippen molar-refractivity contribution in [2.24, 2.45) is 5.92 Å². The molecule has 6 heteroatoms. The number of aryl methyl sites for hydroxylation is 1. The summed E-state index contributed by atoms with van der Waals surface area (Å²) in [6.45, 7) is 8.31. The van der Waals surface area contributed by atoms with Crippen LogP contribution < -0.4 is 15.5 Å².